The second-order valence-electron chi connectivity index (χ2n) is 7.34. The number of carbonyl (C=O) groups is 2. The van der Waals surface area contributed by atoms with Crippen LogP contribution in [0.1, 0.15) is 28.8 Å². The van der Waals surface area contributed by atoms with E-state index in [2.05, 4.69) is 0 Å². The van der Waals surface area contributed by atoms with E-state index >= 15 is 0 Å². The van der Waals surface area contributed by atoms with E-state index < -0.39 is 11.0 Å². The topological polar surface area (TPSA) is 93.0 Å². The summed E-state index contributed by atoms with van der Waals surface area (Å²) in [6.07, 6.45) is 1.34. The smallest absolute Gasteiger partial charge is 0.272 e. The van der Waals surface area contributed by atoms with E-state index in [0.29, 0.717) is 37.2 Å². The van der Waals surface area contributed by atoms with E-state index in [1.807, 2.05) is 30.3 Å². The molecule has 2 aromatic carbocycles. The third-order valence-electron chi connectivity index (χ3n) is 5.25. The van der Waals surface area contributed by atoms with Gasteiger partial charge in [0, 0.05) is 30.8 Å². The number of para-hydroxylation sites is 1. The molecule has 0 spiro atoms. The van der Waals surface area contributed by atoms with Crippen molar-refractivity contribution >= 4 is 17.5 Å². The molecule has 1 heterocycles. The second-order valence-corrected chi connectivity index (χ2v) is 7.34. The van der Waals surface area contributed by atoms with Crippen LogP contribution in [0.4, 0.5) is 5.69 Å². The minimum atomic E-state index is -0.533. The number of nitro groups is 1. The Kier molecular flexibility index (Phi) is 6.66. The third kappa shape index (κ3) is 4.76. The third-order valence-corrected chi connectivity index (χ3v) is 5.25. The Morgan fingerprint density at radius 1 is 1.23 bits per heavy atom. The first kappa shape index (κ1) is 21.3. The molecule has 1 aliphatic rings. The van der Waals surface area contributed by atoms with Gasteiger partial charge in [0.15, 0.2) is 0 Å². The lowest BCUT2D eigenvalue weighted by Crippen LogP contribution is -2.47. The van der Waals surface area contributed by atoms with Gasteiger partial charge in [0.2, 0.25) is 5.91 Å². The molecule has 30 heavy (non-hydrogen) atoms. The van der Waals surface area contributed by atoms with Crippen LogP contribution >= 0.6 is 0 Å². The predicted molar refractivity (Wildman–Crippen MR) is 111 cm³/mol. The molecule has 0 saturated carbocycles. The average molecular weight is 411 g/mol. The van der Waals surface area contributed by atoms with Gasteiger partial charge in [0.05, 0.1) is 11.5 Å². The molecule has 3 rings (SSSR count). The molecule has 1 fully saturated rings. The molecule has 8 nitrogen and oxygen atoms in total. The summed E-state index contributed by atoms with van der Waals surface area (Å²) in [5.74, 6) is 0.332. The standard InChI is InChI=1S/C22H25N3O5/c1-16-15-17(10-11-19(16)25(28)29)21(26)24-12-6-9-20(24)22(27)23(2)13-14-30-18-7-4-3-5-8-18/h3-5,7-8,10-11,15,20H,6,9,12-14H2,1-2H3. The summed E-state index contributed by atoms with van der Waals surface area (Å²) in [6, 6.07) is 13.1. The van der Waals surface area contributed by atoms with Crippen LogP contribution < -0.4 is 4.74 Å². The summed E-state index contributed by atoms with van der Waals surface area (Å²) < 4.78 is 5.65. The highest BCUT2D eigenvalue weighted by molar-refractivity contribution is 5.98. The summed E-state index contributed by atoms with van der Waals surface area (Å²) in [5, 5.41) is 11.0. The van der Waals surface area contributed by atoms with Gasteiger partial charge in [-0.15, -0.1) is 0 Å². The highest BCUT2D eigenvalue weighted by Gasteiger charge is 2.36. The largest absolute Gasteiger partial charge is 0.492 e. The number of nitro benzene ring substituents is 1. The van der Waals surface area contributed by atoms with E-state index in [1.165, 1.54) is 18.2 Å². The van der Waals surface area contributed by atoms with E-state index in [1.54, 1.807) is 23.8 Å². The van der Waals surface area contributed by atoms with Gasteiger partial charge in [-0.3, -0.25) is 19.7 Å². The highest BCUT2D eigenvalue weighted by atomic mass is 16.6. The lowest BCUT2D eigenvalue weighted by Gasteiger charge is -2.28. The summed E-state index contributed by atoms with van der Waals surface area (Å²) in [5.41, 5.74) is 0.745. The van der Waals surface area contributed by atoms with Gasteiger partial charge in [-0.1, -0.05) is 18.2 Å². The zero-order chi connectivity index (χ0) is 21.7. The molecule has 1 unspecified atom stereocenters. The number of nitrogens with zero attached hydrogens (tertiary/aromatic N) is 3. The highest BCUT2D eigenvalue weighted by Crippen LogP contribution is 2.24. The van der Waals surface area contributed by atoms with Crippen LogP contribution in [0.3, 0.4) is 0 Å². The van der Waals surface area contributed by atoms with Gasteiger partial charge in [-0.25, -0.2) is 0 Å². The minimum absolute atomic E-state index is 0.0289. The molecule has 0 radical (unpaired) electrons. The van der Waals surface area contributed by atoms with Crippen molar-refractivity contribution in [1.29, 1.82) is 0 Å². The maximum absolute atomic E-state index is 13.0. The fourth-order valence-corrected chi connectivity index (χ4v) is 3.61. The molecule has 1 atom stereocenters. The summed E-state index contributed by atoms with van der Waals surface area (Å²) in [4.78, 5) is 39.6. The molecule has 8 heteroatoms. The first-order valence-corrected chi connectivity index (χ1v) is 9.87. The van der Waals surface area contributed by atoms with Gasteiger partial charge in [-0.2, -0.15) is 0 Å². The lowest BCUT2D eigenvalue weighted by atomic mass is 10.1. The van der Waals surface area contributed by atoms with Crippen LogP contribution in [0.15, 0.2) is 48.5 Å². The van der Waals surface area contributed by atoms with Crippen molar-refractivity contribution in [3.63, 3.8) is 0 Å². The van der Waals surface area contributed by atoms with Crippen LogP contribution in [-0.4, -0.2) is 59.3 Å². The van der Waals surface area contributed by atoms with Crippen molar-refractivity contribution in [2.45, 2.75) is 25.8 Å². The van der Waals surface area contributed by atoms with Gasteiger partial charge in [-0.05, 0) is 44.0 Å². The van der Waals surface area contributed by atoms with E-state index in [9.17, 15) is 19.7 Å². The van der Waals surface area contributed by atoms with Crippen LogP contribution in [0, 0.1) is 17.0 Å². The van der Waals surface area contributed by atoms with Crippen molar-refractivity contribution in [2.75, 3.05) is 26.7 Å². The zero-order valence-corrected chi connectivity index (χ0v) is 17.1. The summed E-state index contributed by atoms with van der Waals surface area (Å²) in [6.45, 7) is 2.85. The molecule has 0 N–H and O–H groups in total. The first-order chi connectivity index (χ1) is 14.4. The van der Waals surface area contributed by atoms with Crippen molar-refractivity contribution in [3.05, 3.63) is 69.8 Å². The fourth-order valence-electron chi connectivity index (χ4n) is 3.61. The van der Waals surface area contributed by atoms with E-state index in [0.717, 1.165) is 12.2 Å². The number of amides is 2. The normalized spacial score (nSPS) is 15.7. The minimum Gasteiger partial charge on any atom is -0.492 e. The number of rotatable bonds is 7. The molecule has 1 aliphatic heterocycles. The molecule has 1 saturated heterocycles. The number of aryl methyl sites for hydroxylation is 1. The van der Waals surface area contributed by atoms with Gasteiger partial charge >= 0.3 is 0 Å². The molecule has 2 aromatic rings. The maximum atomic E-state index is 13.0. The fraction of sp³-hybridized carbons (Fsp3) is 0.364. The second kappa shape index (κ2) is 9.39. The molecular weight excluding hydrogens is 386 g/mol. The molecule has 2 amide bonds. The zero-order valence-electron chi connectivity index (χ0n) is 17.1. The number of likely N-dealkylation sites (tertiary alicyclic amines) is 1. The Hall–Kier alpha value is -3.42. The molecule has 158 valence electrons. The van der Waals surface area contributed by atoms with Crippen LogP contribution in [-0.2, 0) is 4.79 Å². The van der Waals surface area contributed by atoms with E-state index in [-0.39, 0.29) is 17.5 Å². The maximum Gasteiger partial charge on any atom is 0.272 e. The Bertz CT molecular complexity index is 932. The number of hydrogen-bond acceptors (Lipinski definition) is 5. The average Bonchev–Trinajstić information content (AvgIpc) is 3.22. The Balaban J connectivity index is 1.62. The Morgan fingerprint density at radius 2 is 1.97 bits per heavy atom. The van der Waals surface area contributed by atoms with Gasteiger partial charge in [0.25, 0.3) is 11.6 Å². The van der Waals surface area contributed by atoms with Crippen molar-refractivity contribution in [3.8, 4) is 5.75 Å². The summed E-state index contributed by atoms with van der Waals surface area (Å²) in [7, 11) is 1.70. The number of likely N-dealkylation sites (N-methyl/N-ethyl adjacent to an activating group) is 1. The number of carbonyl (C=O) groups excluding carboxylic acids is 2. The van der Waals surface area contributed by atoms with Crippen molar-refractivity contribution < 1.29 is 19.2 Å². The molecule has 0 bridgehead atoms. The predicted octanol–water partition coefficient (Wildman–Crippen LogP) is 3.05. The van der Waals surface area contributed by atoms with Gasteiger partial charge < -0.3 is 14.5 Å². The van der Waals surface area contributed by atoms with E-state index in [4.69, 9.17) is 4.74 Å². The lowest BCUT2D eigenvalue weighted by molar-refractivity contribution is -0.385. The van der Waals surface area contributed by atoms with Crippen molar-refractivity contribution in [2.24, 2.45) is 0 Å². The molecule has 0 aromatic heterocycles. The number of ether oxygens (including phenoxy) is 1. The number of hydrogen-bond donors (Lipinski definition) is 0. The summed E-state index contributed by atoms with van der Waals surface area (Å²) >= 11 is 0. The first-order valence-electron chi connectivity index (χ1n) is 9.87. The van der Waals surface area contributed by atoms with Crippen molar-refractivity contribution in [1.82, 2.24) is 9.80 Å². The Morgan fingerprint density at radius 3 is 2.63 bits per heavy atom. The monoisotopic (exact) mass is 411 g/mol. The van der Waals surface area contributed by atoms with Crippen LogP contribution in [0.25, 0.3) is 0 Å². The van der Waals surface area contributed by atoms with Crippen LogP contribution in [0.2, 0.25) is 0 Å². The molecular formula is C22H25N3O5. The Labute approximate surface area is 175 Å². The molecule has 0 aliphatic carbocycles. The SMILES string of the molecule is Cc1cc(C(=O)N2CCCC2C(=O)N(C)CCOc2ccccc2)ccc1[N+](=O)[O-]. The number of benzene rings is 2. The van der Waals surface area contributed by atoms with Crippen LogP contribution in [0.5, 0.6) is 5.75 Å². The quantitative estimate of drug-likeness (QED) is 0.516. The van der Waals surface area contributed by atoms with Gasteiger partial charge in [0.1, 0.15) is 18.4 Å².